The zero-order valence-corrected chi connectivity index (χ0v) is 9.19. The summed E-state index contributed by atoms with van der Waals surface area (Å²) in [6.45, 7) is 1.07. The number of hydrogen-bond acceptors (Lipinski definition) is 1. The first kappa shape index (κ1) is 10.7. The van der Waals surface area contributed by atoms with Gasteiger partial charge in [0.15, 0.2) is 0 Å². The van der Waals surface area contributed by atoms with Crippen molar-refractivity contribution in [3.63, 3.8) is 0 Å². The molecular formula is C8H12Cl2N2O. The van der Waals surface area contributed by atoms with E-state index in [1.807, 2.05) is 0 Å². The molecule has 0 aromatic rings. The van der Waals surface area contributed by atoms with Gasteiger partial charge in [-0.1, -0.05) is 23.2 Å². The maximum atomic E-state index is 11.5. The van der Waals surface area contributed by atoms with Crippen molar-refractivity contribution in [2.45, 2.75) is 6.42 Å². The molecule has 13 heavy (non-hydrogen) atoms. The van der Waals surface area contributed by atoms with Gasteiger partial charge in [-0.2, -0.15) is 0 Å². The van der Waals surface area contributed by atoms with E-state index < -0.39 is 0 Å². The summed E-state index contributed by atoms with van der Waals surface area (Å²) < 4.78 is 0. The van der Waals surface area contributed by atoms with Gasteiger partial charge in [-0.15, -0.1) is 0 Å². The van der Waals surface area contributed by atoms with Crippen LogP contribution in [0.3, 0.4) is 0 Å². The van der Waals surface area contributed by atoms with Crippen molar-refractivity contribution in [1.29, 1.82) is 0 Å². The van der Waals surface area contributed by atoms with Gasteiger partial charge >= 0.3 is 6.03 Å². The second-order valence-corrected chi connectivity index (χ2v) is 4.07. The smallest absolute Gasteiger partial charge is 0.319 e. The van der Waals surface area contributed by atoms with E-state index in [2.05, 4.69) is 0 Å². The molecule has 0 aliphatic carbocycles. The largest absolute Gasteiger partial charge is 0.331 e. The maximum absolute atomic E-state index is 11.5. The highest BCUT2D eigenvalue weighted by Crippen LogP contribution is 2.24. The zero-order chi connectivity index (χ0) is 10.0. The third-order valence-corrected chi connectivity index (χ3v) is 2.74. The number of hydrogen-bond donors (Lipinski definition) is 0. The predicted octanol–water partition coefficient (Wildman–Crippen LogP) is 2.06. The molecule has 0 fully saturated rings. The van der Waals surface area contributed by atoms with Gasteiger partial charge in [0, 0.05) is 32.1 Å². The molecule has 1 heterocycles. The van der Waals surface area contributed by atoms with Crippen LogP contribution in [0.15, 0.2) is 10.1 Å². The molecule has 0 saturated heterocycles. The highest BCUT2D eigenvalue weighted by molar-refractivity contribution is 6.39. The summed E-state index contributed by atoms with van der Waals surface area (Å²) in [4.78, 5) is 14.7. The molecule has 0 saturated carbocycles. The lowest BCUT2D eigenvalue weighted by molar-refractivity contribution is 0.175. The first-order valence-electron chi connectivity index (χ1n) is 4.01. The average molecular weight is 223 g/mol. The zero-order valence-electron chi connectivity index (χ0n) is 7.68. The van der Waals surface area contributed by atoms with Crippen molar-refractivity contribution in [1.82, 2.24) is 9.80 Å². The van der Waals surface area contributed by atoms with E-state index in [1.165, 1.54) is 4.90 Å². The first-order chi connectivity index (χ1) is 6.02. The van der Waals surface area contributed by atoms with E-state index in [4.69, 9.17) is 23.2 Å². The van der Waals surface area contributed by atoms with E-state index in [0.717, 1.165) is 0 Å². The topological polar surface area (TPSA) is 23.6 Å². The summed E-state index contributed by atoms with van der Waals surface area (Å²) >= 11 is 11.7. The Hall–Kier alpha value is -0.410. The molecule has 1 aliphatic rings. The molecule has 0 aromatic carbocycles. The molecule has 2 amide bonds. The lowest BCUT2D eigenvalue weighted by Crippen LogP contribution is -2.42. The number of carbonyl (C=O) groups excluding carboxylic acids is 1. The van der Waals surface area contributed by atoms with Crippen LogP contribution >= 0.6 is 23.2 Å². The van der Waals surface area contributed by atoms with Crippen molar-refractivity contribution >= 4 is 29.2 Å². The molecule has 5 heteroatoms. The number of halogens is 2. The fourth-order valence-electron chi connectivity index (χ4n) is 1.15. The standard InChI is InChI=1S/C8H12Cl2N2O/c1-11(2)8(13)12-4-3-6(9)7(10)5-12/h3-5H2,1-2H3. The van der Waals surface area contributed by atoms with Crippen molar-refractivity contribution in [3.8, 4) is 0 Å². The minimum absolute atomic E-state index is 0.0256. The molecule has 0 N–H and O–H groups in total. The van der Waals surface area contributed by atoms with Crippen molar-refractivity contribution in [2.75, 3.05) is 27.2 Å². The molecule has 1 rings (SSSR count). The van der Waals surface area contributed by atoms with Gasteiger partial charge in [0.25, 0.3) is 0 Å². The van der Waals surface area contributed by atoms with E-state index in [0.29, 0.717) is 29.6 Å². The van der Waals surface area contributed by atoms with Crippen LogP contribution in [0.2, 0.25) is 0 Å². The lowest BCUT2D eigenvalue weighted by Gasteiger charge is -2.29. The van der Waals surface area contributed by atoms with Crippen molar-refractivity contribution in [2.24, 2.45) is 0 Å². The first-order valence-corrected chi connectivity index (χ1v) is 4.77. The average Bonchev–Trinajstić information content (AvgIpc) is 2.08. The van der Waals surface area contributed by atoms with Crippen molar-refractivity contribution in [3.05, 3.63) is 10.1 Å². The molecule has 0 aromatic heterocycles. The molecule has 0 bridgehead atoms. The van der Waals surface area contributed by atoms with Crippen LogP contribution in [0.5, 0.6) is 0 Å². The number of amides is 2. The Balaban J connectivity index is 2.63. The number of rotatable bonds is 0. The molecular weight excluding hydrogens is 211 g/mol. The van der Waals surface area contributed by atoms with Gasteiger partial charge in [0.1, 0.15) is 0 Å². The minimum Gasteiger partial charge on any atom is -0.331 e. The summed E-state index contributed by atoms with van der Waals surface area (Å²) in [5.41, 5.74) is 0. The highest BCUT2D eigenvalue weighted by atomic mass is 35.5. The Morgan fingerprint density at radius 1 is 1.38 bits per heavy atom. The van der Waals surface area contributed by atoms with Gasteiger partial charge in [0.05, 0.1) is 11.6 Å². The molecule has 0 unspecified atom stereocenters. The Morgan fingerprint density at radius 2 is 2.00 bits per heavy atom. The molecule has 74 valence electrons. The van der Waals surface area contributed by atoms with Crippen molar-refractivity contribution < 1.29 is 4.79 Å². The molecule has 1 aliphatic heterocycles. The quantitative estimate of drug-likeness (QED) is 0.616. The molecule has 0 radical (unpaired) electrons. The molecule has 0 atom stereocenters. The summed E-state index contributed by atoms with van der Waals surface area (Å²) in [7, 11) is 3.44. The number of carbonyl (C=O) groups is 1. The Morgan fingerprint density at radius 3 is 2.46 bits per heavy atom. The fraction of sp³-hybridized carbons (Fsp3) is 0.625. The SMILES string of the molecule is CN(C)C(=O)N1CCC(Cl)=C(Cl)C1. The monoisotopic (exact) mass is 222 g/mol. The molecule has 3 nitrogen and oxygen atoms in total. The normalized spacial score (nSPS) is 17.7. The van der Waals surface area contributed by atoms with Crippen LogP contribution in [-0.2, 0) is 0 Å². The maximum Gasteiger partial charge on any atom is 0.319 e. The summed E-state index contributed by atoms with van der Waals surface area (Å²) in [5, 5.41) is 1.24. The number of urea groups is 1. The van der Waals surface area contributed by atoms with Gasteiger partial charge in [-0.05, 0) is 0 Å². The van der Waals surface area contributed by atoms with Gasteiger partial charge in [-0.25, -0.2) is 4.79 Å². The third kappa shape index (κ3) is 2.51. The lowest BCUT2D eigenvalue weighted by atomic mass is 10.2. The predicted molar refractivity (Wildman–Crippen MR) is 54.0 cm³/mol. The van der Waals surface area contributed by atoms with Gasteiger partial charge in [-0.3, -0.25) is 0 Å². The number of nitrogens with zero attached hydrogens (tertiary/aromatic N) is 2. The Labute approximate surface area is 87.9 Å². The van der Waals surface area contributed by atoms with E-state index in [9.17, 15) is 4.79 Å². The molecule has 0 spiro atoms. The van der Waals surface area contributed by atoms with Crippen LogP contribution < -0.4 is 0 Å². The van der Waals surface area contributed by atoms with Crippen LogP contribution in [0, 0.1) is 0 Å². The summed E-state index contributed by atoms with van der Waals surface area (Å²) in [6, 6.07) is -0.0256. The Bertz CT molecular complexity index is 251. The van der Waals surface area contributed by atoms with E-state index in [1.54, 1.807) is 19.0 Å². The second-order valence-electron chi connectivity index (χ2n) is 3.16. The highest BCUT2D eigenvalue weighted by Gasteiger charge is 2.21. The van der Waals surface area contributed by atoms with Crippen LogP contribution in [-0.4, -0.2) is 43.0 Å². The second kappa shape index (κ2) is 4.20. The summed E-state index contributed by atoms with van der Waals surface area (Å²) in [5.74, 6) is 0. The fourth-order valence-corrected chi connectivity index (χ4v) is 1.53. The summed E-state index contributed by atoms with van der Waals surface area (Å²) in [6.07, 6.45) is 0.653. The Kier molecular flexibility index (Phi) is 3.45. The van der Waals surface area contributed by atoms with Gasteiger partial charge in [0.2, 0.25) is 0 Å². The van der Waals surface area contributed by atoms with E-state index in [-0.39, 0.29) is 6.03 Å². The van der Waals surface area contributed by atoms with E-state index >= 15 is 0 Å². The van der Waals surface area contributed by atoms with Gasteiger partial charge < -0.3 is 9.80 Å². The van der Waals surface area contributed by atoms with Crippen LogP contribution in [0.1, 0.15) is 6.42 Å². The van der Waals surface area contributed by atoms with Crippen LogP contribution in [0.25, 0.3) is 0 Å². The van der Waals surface area contributed by atoms with Crippen LogP contribution in [0.4, 0.5) is 4.79 Å². The minimum atomic E-state index is -0.0256. The third-order valence-electron chi connectivity index (χ3n) is 1.88.